The number of hydrogen-bond donors (Lipinski definition) is 1. The van der Waals surface area contributed by atoms with Crippen LogP contribution in [0.3, 0.4) is 0 Å². The summed E-state index contributed by atoms with van der Waals surface area (Å²) in [6.45, 7) is 6.72. The minimum Gasteiger partial charge on any atom is -0.380 e. The van der Waals surface area contributed by atoms with Gasteiger partial charge in [0.05, 0.1) is 11.2 Å². The van der Waals surface area contributed by atoms with Crippen molar-refractivity contribution in [2.24, 2.45) is 5.92 Å². The van der Waals surface area contributed by atoms with Gasteiger partial charge in [0, 0.05) is 22.9 Å². The molecule has 2 aromatic heterocycles. The molecule has 0 aliphatic carbocycles. The Morgan fingerprint density at radius 1 is 1.26 bits per heavy atom. The zero-order valence-corrected chi connectivity index (χ0v) is 13.2. The molecule has 1 atom stereocenters. The van der Waals surface area contributed by atoms with Crippen LogP contribution in [0.25, 0.3) is 11.0 Å². The van der Waals surface area contributed by atoms with Crippen molar-refractivity contribution < 1.29 is 0 Å². The Balaban J connectivity index is 2.30. The number of pyridine rings is 2. The maximum absolute atomic E-state index is 4.47. The molecule has 0 aromatic carbocycles. The van der Waals surface area contributed by atoms with Crippen LogP contribution in [-0.4, -0.2) is 16.0 Å². The third kappa shape index (κ3) is 3.24. The van der Waals surface area contributed by atoms with Crippen molar-refractivity contribution in [3.05, 3.63) is 29.0 Å². The number of aromatic nitrogens is 2. The highest BCUT2D eigenvalue weighted by molar-refractivity contribution is 9.10. The van der Waals surface area contributed by atoms with Crippen LogP contribution in [-0.2, 0) is 0 Å². The second-order valence-corrected chi connectivity index (χ2v) is 5.81. The smallest absolute Gasteiger partial charge is 0.112 e. The third-order valence-corrected chi connectivity index (χ3v) is 4.12. The molecule has 2 rings (SSSR count). The van der Waals surface area contributed by atoms with E-state index in [1.54, 1.807) is 0 Å². The molecule has 3 nitrogen and oxygen atoms in total. The Hall–Kier alpha value is -1.16. The zero-order valence-electron chi connectivity index (χ0n) is 11.7. The number of rotatable bonds is 5. The van der Waals surface area contributed by atoms with Crippen LogP contribution in [0.1, 0.15) is 33.6 Å². The maximum Gasteiger partial charge on any atom is 0.112 e. The summed E-state index contributed by atoms with van der Waals surface area (Å²) in [5.74, 6) is 0.679. The topological polar surface area (TPSA) is 37.8 Å². The fourth-order valence-corrected chi connectivity index (χ4v) is 2.80. The van der Waals surface area contributed by atoms with Crippen molar-refractivity contribution in [1.29, 1.82) is 0 Å². The van der Waals surface area contributed by atoms with Gasteiger partial charge in [-0.2, -0.15) is 0 Å². The summed E-state index contributed by atoms with van der Waals surface area (Å²) in [7, 11) is 0. The number of hydrogen-bond acceptors (Lipinski definition) is 3. The lowest BCUT2D eigenvalue weighted by molar-refractivity contribution is 0.438. The molecule has 0 amide bonds. The van der Waals surface area contributed by atoms with E-state index >= 15 is 0 Å². The second-order valence-electron chi connectivity index (χ2n) is 4.89. The summed E-state index contributed by atoms with van der Waals surface area (Å²) in [5.41, 5.74) is 2.91. The Kier molecular flexibility index (Phi) is 4.75. The lowest BCUT2D eigenvalue weighted by Gasteiger charge is -2.24. The molecular weight excluding hydrogens is 302 g/mol. The Morgan fingerprint density at radius 2 is 2.00 bits per heavy atom. The summed E-state index contributed by atoms with van der Waals surface area (Å²) in [6.07, 6.45) is 6.02. The molecule has 4 heteroatoms. The van der Waals surface area contributed by atoms with Gasteiger partial charge in [-0.15, -0.1) is 0 Å². The molecule has 0 radical (unpaired) electrons. The van der Waals surface area contributed by atoms with E-state index in [0.29, 0.717) is 12.0 Å². The third-order valence-electron chi connectivity index (χ3n) is 3.68. The van der Waals surface area contributed by atoms with Crippen LogP contribution >= 0.6 is 15.9 Å². The molecule has 2 aromatic rings. The minimum absolute atomic E-state index is 0.436. The summed E-state index contributed by atoms with van der Waals surface area (Å²) in [6, 6.07) is 4.43. The molecule has 19 heavy (non-hydrogen) atoms. The highest BCUT2D eigenvalue weighted by Crippen LogP contribution is 2.24. The van der Waals surface area contributed by atoms with Crippen LogP contribution in [0.2, 0.25) is 0 Å². The van der Waals surface area contributed by atoms with Gasteiger partial charge in [-0.25, -0.2) is 0 Å². The molecule has 0 spiro atoms. The van der Waals surface area contributed by atoms with Crippen molar-refractivity contribution in [2.45, 2.75) is 39.7 Å². The number of fused-ring (bicyclic) bond motifs is 1. The van der Waals surface area contributed by atoms with E-state index in [9.17, 15) is 0 Å². The largest absolute Gasteiger partial charge is 0.380 e. The fraction of sp³-hybridized carbons (Fsp3) is 0.467. The molecule has 0 aliphatic heterocycles. The van der Waals surface area contributed by atoms with Crippen LogP contribution in [0.4, 0.5) is 5.69 Å². The number of anilines is 1. The van der Waals surface area contributed by atoms with Crippen molar-refractivity contribution in [1.82, 2.24) is 9.97 Å². The molecule has 0 bridgehead atoms. The molecule has 2 heterocycles. The van der Waals surface area contributed by atoms with Gasteiger partial charge in [0.15, 0.2) is 0 Å². The standard InChI is InChI=1S/C15H20BrN3/c1-4-11(5-2)10(3)19-13-6-7-17-14-8-12(16)9-18-15(13)14/h6-11H,4-5H2,1-3H3,(H,17,19). The van der Waals surface area contributed by atoms with Gasteiger partial charge in [-0.3, -0.25) is 9.97 Å². The van der Waals surface area contributed by atoms with Gasteiger partial charge in [0.1, 0.15) is 5.52 Å². The molecule has 1 unspecified atom stereocenters. The average Bonchev–Trinajstić information content (AvgIpc) is 2.40. The lowest BCUT2D eigenvalue weighted by Crippen LogP contribution is -2.25. The number of nitrogens with one attached hydrogen (secondary N) is 1. The van der Waals surface area contributed by atoms with E-state index in [4.69, 9.17) is 0 Å². The van der Waals surface area contributed by atoms with E-state index in [-0.39, 0.29) is 0 Å². The quantitative estimate of drug-likeness (QED) is 0.872. The lowest BCUT2D eigenvalue weighted by atomic mass is 9.95. The SMILES string of the molecule is CCC(CC)C(C)Nc1ccnc2cc(Br)cnc12. The summed E-state index contributed by atoms with van der Waals surface area (Å²) in [5, 5.41) is 3.59. The summed E-state index contributed by atoms with van der Waals surface area (Å²) in [4.78, 5) is 8.84. The Morgan fingerprint density at radius 3 is 2.68 bits per heavy atom. The fourth-order valence-electron chi connectivity index (χ4n) is 2.48. The molecule has 0 saturated carbocycles. The zero-order chi connectivity index (χ0) is 13.8. The number of nitrogens with zero attached hydrogens (tertiary/aromatic N) is 2. The van der Waals surface area contributed by atoms with E-state index in [1.807, 2.05) is 24.5 Å². The summed E-state index contributed by atoms with van der Waals surface area (Å²) >= 11 is 3.43. The molecule has 0 saturated heterocycles. The van der Waals surface area contributed by atoms with Gasteiger partial charge in [0.25, 0.3) is 0 Å². The highest BCUT2D eigenvalue weighted by Gasteiger charge is 2.14. The average molecular weight is 322 g/mol. The first-order valence-corrected chi connectivity index (χ1v) is 7.61. The van der Waals surface area contributed by atoms with E-state index in [2.05, 4.69) is 52.0 Å². The molecule has 102 valence electrons. The second kappa shape index (κ2) is 6.33. The molecular formula is C15H20BrN3. The Labute approximate surface area is 123 Å². The first-order chi connectivity index (χ1) is 9.15. The number of halogens is 1. The molecule has 1 N–H and O–H groups in total. The Bertz CT molecular complexity index is 552. The van der Waals surface area contributed by atoms with Gasteiger partial charge in [-0.1, -0.05) is 26.7 Å². The van der Waals surface area contributed by atoms with Gasteiger partial charge in [0.2, 0.25) is 0 Å². The maximum atomic E-state index is 4.47. The summed E-state index contributed by atoms with van der Waals surface area (Å²) < 4.78 is 0.956. The normalized spacial score (nSPS) is 12.9. The van der Waals surface area contributed by atoms with Crippen LogP contribution in [0.15, 0.2) is 29.0 Å². The highest BCUT2D eigenvalue weighted by atomic mass is 79.9. The first kappa shape index (κ1) is 14.3. The van der Waals surface area contributed by atoms with Crippen molar-refractivity contribution in [2.75, 3.05) is 5.32 Å². The van der Waals surface area contributed by atoms with Gasteiger partial charge < -0.3 is 5.32 Å². The monoisotopic (exact) mass is 321 g/mol. The van der Waals surface area contributed by atoms with Gasteiger partial charge in [-0.05, 0) is 40.9 Å². The molecule has 0 aliphatic rings. The van der Waals surface area contributed by atoms with Crippen molar-refractivity contribution in [3.63, 3.8) is 0 Å². The van der Waals surface area contributed by atoms with Gasteiger partial charge >= 0.3 is 0 Å². The van der Waals surface area contributed by atoms with Crippen LogP contribution in [0.5, 0.6) is 0 Å². The van der Waals surface area contributed by atoms with Crippen LogP contribution < -0.4 is 5.32 Å². The first-order valence-electron chi connectivity index (χ1n) is 6.82. The molecule has 0 fully saturated rings. The predicted molar refractivity (Wildman–Crippen MR) is 84.4 cm³/mol. The van der Waals surface area contributed by atoms with Crippen molar-refractivity contribution >= 4 is 32.7 Å². The van der Waals surface area contributed by atoms with E-state index in [1.165, 1.54) is 12.8 Å². The van der Waals surface area contributed by atoms with E-state index < -0.39 is 0 Å². The van der Waals surface area contributed by atoms with Crippen molar-refractivity contribution in [3.8, 4) is 0 Å². The van der Waals surface area contributed by atoms with E-state index in [0.717, 1.165) is 21.2 Å². The predicted octanol–water partition coefficient (Wildman–Crippen LogP) is 4.63. The van der Waals surface area contributed by atoms with Crippen LogP contribution in [0, 0.1) is 5.92 Å². The minimum atomic E-state index is 0.436.